The molecule has 3 unspecified atom stereocenters. The molecular weight excluding hydrogens is 648 g/mol. The number of hydrogen-bond acceptors (Lipinski definition) is 12. The molecule has 0 amide bonds. The summed E-state index contributed by atoms with van der Waals surface area (Å²) in [5, 5.41) is 65.3. The molecule has 8 fully saturated rings. The minimum absolute atomic E-state index is 0.138. The first-order chi connectivity index (χ1) is 23.9. The quantitative estimate of drug-likeness (QED) is 0.177. The average Bonchev–Trinajstić information content (AvgIpc) is 3.90. The first kappa shape index (κ1) is 31.8. The summed E-state index contributed by atoms with van der Waals surface area (Å²) in [6, 6.07) is 0. The maximum Gasteiger partial charge on any atom is 0.316 e. The van der Waals surface area contributed by atoms with Gasteiger partial charge in [-0.2, -0.15) is 0 Å². The van der Waals surface area contributed by atoms with Crippen LogP contribution in [0.3, 0.4) is 0 Å². The number of carbonyl (C=O) groups is 2. The van der Waals surface area contributed by atoms with Gasteiger partial charge in [-0.05, 0) is 86.3 Å². The number of Topliss-reactive ketones (excluding diaryl/α,β-unsaturated/α-hetero) is 1. The van der Waals surface area contributed by atoms with Gasteiger partial charge in [-0.25, -0.2) is 0 Å². The Kier molecular flexibility index (Phi) is 6.02. The summed E-state index contributed by atoms with van der Waals surface area (Å²) in [5.74, 6) is -1.13. The van der Waals surface area contributed by atoms with E-state index in [0.717, 1.165) is 24.8 Å². The summed E-state index contributed by atoms with van der Waals surface area (Å²) < 4.78 is 25.4. The number of ether oxygens (including phenoxy) is 4. The molecule has 272 valence electrons. The van der Waals surface area contributed by atoms with Crippen molar-refractivity contribution in [1.82, 2.24) is 0 Å². The fourth-order valence-electron chi connectivity index (χ4n) is 15.9. The van der Waals surface area contributed by atoms with Crippen molar-refractivity contribution in [3.05, 3.63) is 22.8 Å². The average molecular weight is 697 g/mol. The number of esters is 1. The van der Waals surface area contributed by atoms with Gasteiger partial charge < -0.3 is 49.6 Å². The number of aliphatic hydroxyl groups excluding tert-OH is 5. The van der Waals surface area contributed by atoms with E-state index in [1.807, 2.05) is 0 Å². The van der Waals surface area contributed by atoms with E-state index in [9.17, 15) is 35.4 Å². The van der Waals surface area contributed by atoms with Gasteiger partial charge in [0.1, 0.15) is 41.7 Å². The Balaban J connectivity index is 1.08. The monoisotopic (exact) mass is 696 g/mol. The summed E-state index contributed by atoms with van der Waals surface area (Å²) >= 11 is 0. The predicted molar refractivity (Wildman–Crippen MR) is 168 cm³/mol. The molecule has 0 aromatic rings. The normalized spacial score (nSPS) is 61.9. The molecule has 3 aliphatic heterocycles. The van der Waals surface area contributed by atoms with Gasteiger partial charge in [-0.15, -0.1) is 0 Å². The Morgan fingerprint density at radius 3 is 2.52 bits per heavy atom. The lowest BCUT2D eigenvalue weighted by Crippen LogP contribution is -2.71. The number of carbonyl (C=O) groups excluding carboxylic acids is 2. The summed E-state index contributed by atoms with van der Waals surface area (Å²) in [7, 11) is 0. The van der Waals surface area contributed by atoms with E-state index in [4.69, 9.17) is 18.9 Å². The van der Waals surface area contributed by atoms with Crippen LogP contribution in [0.5, 0.6) is 0 Å². The highest BCUT2D eigenvalue weighted by atomic mass is 16.8. The van der Waals surface area contributed by atoms with Crippen LogP contribution < -0.4 is 0 Å². The number of allylic oxidation sites excluding steroid dienone is 1. The fraction of sp³-hybridized carbons (Fsp3) is 0.842. The van der Waals surface area contributed by atoms with E-state index < -0.39 is 94.9 Å². The third-order valence-corrected chi connectivity index (χ3v) is 17.5. The lowest BCUT2D eigenvalue weighted by molar-refractivity contribution is -0.366. The van der Waals surface area contributed by atoms with Gasteiger partial charge in [-0.3, -0.25) is 9.59 Å². The molecule has 0 radical (unpaired) electrons. The molecule has 5 saturated carbocycles. The zero-order valence-electron chi connectivity index (χ0n) is 28.4. The topological polar surface area (TPSA) is 192 Å². The number of ketones is 1. The van der Waals surface area contributed by atoms with Gasteiger partial charge in [0, 0.05) is 34.5 Å². The maximum atomic E-state index is 15.4. The van der Waals surface area contributed by atoms with Crippen molar-refractivity contribution in [2.45, 2.75) is 120 Å². The Labute approximate surface area is 289 Å². The minimum Gasteiger partial charge on any atom is -0.457 e. The van der Waals surface area contributed by atoms with Gasteiger partial charge in [0.15, 0.2) is 12.6 Å². The summed E-state index contributed by atoms with van der Waals surface area (Å²) in [6.45, 7) is 3.45. The number of rotatable bonds is 4. The second kappa shape index (κ2) is 9.49. The molecule has 8 aliphatic carbocycles. The van der Waals surface area contributed by atoms with Crippen molar-refractivity contribution < 1.29 is 59.2 Å². The molecular formula is C38H48O12. The molecule has 3 heterocycles. The SMILES string of the molecule is C[C@@H]1CC2C[C@@H]3CC[C@@]45C[C@@H](C6=C4[C@@]4(CC6)C(=O)C1C[C@@]2(O)[C@]34C)[C@H]1O[C@@H](O[C@@H]2O[C@H](CO)[C@@H](O)[C@H](O)[C@H]2O)[C@H]2C(CO)=C[C@@H]3OC(=O)[C@@]15C32. The highest BCUT2D eigenvalue weighted by molar-refractivity contribution is 5.96. The van der Waals surface area contributed by atoms with Crippen molar-refractivity contribution in [3.8, 4) is 0 Å². The molecule has 12 nitrogen and oxygen atoms in total. The van der Waals surface area contributed by atoms with Crippen molar-refractivity contribution in [2.24, 2.45) is 63.1 Å². The third kappa shape index (κ3) is 2.95. The van der Waals surface area contributed by atoms with Crippen molar-refractivity contribution in [1.29, 1.82) is 0 Å². The van der Waals surface area contributed by atoms with Gasteiger partial charge >= 0.3 is 5.97 Å². The van der Waals surface area contributed by atoms with Gasteiger partial charge in [0.05, 0.1) is 30.3 Å². The van der Waals surface area contributed by atoms with E-state index in [0.29, 0.717) is 37.7 Å². The summed E-state index contributed by atoms with van der Waals surface area (Å²) in [5.41, 5.74) is -1.39. The zero-order valence-corrected chi connectivity index (χ0v) is 28.4. The van der Waals surface area contributed by atoms with Crippen molar-refractivity contribution >= 4 is 11.8 Å². The Hall–Kier alpha value is -1.74. The van der Waals surface area contributed by atoms with Crippen LogP contribution in [0.2, 0.25) is 0 Å². The Morgan fingerprint density at radius 1 is 0.960 bits per heavy atom. The van der Waals surface area contributed by atoms with Gasteiger partial charge in [0.25, 0.3) is 0 Å². The lowest BCUT2D eigenvalue weighted by Gasteiger charge is -2.65. The van der Waals surface area contributed by atoms with Gasteiger partial charge in [-0.1, -0.05) is 19.4 Å². The van der Waals surface area contributed by atoms with E-state index in [1.54, 1.807) is 6.08 Å². The fourth-order valence-corrected chi connectivity index (χ4v) is 15.9. The first-order valence-corrected chi connectivity index (χ1v) is 19.0. The van der Waals surface area contributed by atoms with Crippen LogP contribution >= 0.6 is 0 Å². The number of aliphatic hydroxyl groups is 6. The summed E-state index contributed by atoms with van der Waals surface area (Å²) in [6.07, 6.45) is -2.33. The Bertz CT molecular complexity index is 1670. The summed E-state index contributed by atoms with van der Waals surface area (Å²) in [4.78, 5) is 30.2. The maximum absolute atomic E-state index is 15.4. The molecule has 0 aromatic carbocycles. The van der Waals surface area contributed by atoms with Crippen LogP contribution in [-0.2, 0) is 28.5 Å². The second-order valence-electron chi connectivity index (χ2n) is 18.3. The molecule has 3 spiro atoms. The molecule has 11 rings (SSSR count). The van der Waals surface area contributed by atoms with Crippen molar-refractivity contribution in [2.75, 3.05) is 13.2 Å². The number of fused-ring (bicyclic) bond motifs is 4. The van der Waals surface area contributed by atoms with E-state index in [1.165, 1.54) is 5.57 Å². The van der Waals surface area contributed by atoms with E-state index >= 15 is 4.79 Å². The molecule has 4 bridgehead atoms. The first-order valence-electron chi connectivity index (χ1n) is 19.0. The van der Waals surface area contributed by atoms with E-state index in [2.05, 4.69) is 13.8 Å². The van der Waals surface area contributed by atoms with E-state index in [-0.39, 0.29) is 47.9 Å². The molecule has 0 aromatic heterocycles. The highest BCUT2D eigenvalue weighted by Gasteiger charge is 2.90. The smallest absolute Gasteiger partial charge is 0.316 e. The molecule has 6 N–H and O–H groups in total. The second-order valence-corrected chi connectivity index (χ2v) is 18.3. The molecule has 12 heteroatoms. The standard InChI is InChI=1S/C38H48O12/c1-14-7-17-9-16-3-5-35-10-20(18-4-6-36(28(18)35)29(44)19(14)11-37(17,46)34(16,36)2)30-38(35)24-21(48-33(38)45)8-15(12-39)23(24)31(49-30)50-32-27(43)26(42)25(41)22(13-40)47-32/h8,14,16-17,19-27,30-32,39-43,46H,3-7,9-13H2,1-2H3/t14-,16+,17?,19?,20+,21+,22-,23+,24?,25-,26+,27-,30-,31+,32+,34-,35-,36+,37+,38-/m1/s1. The van der Waals surface area contributed by atoms with Crippen molar-refractivity contribution in [3.63, 3.8) is 0 Å². The third-order valence-electron chi connectivity index (χ3n) is 17.5. The highest BCUT2D eigenvalue weighted by Crippen LogP contribution is 2.88. The zero-order chi connectivity index (χ0) is 34.7. The lowest BCUT2D eigenvalue weighted by atomic mass is 9.38. The molecule has 20 atom stereocenters. The van der Waals surface area contributed by atoms with Crippen LogP contribution in [0.4, 0.5) is 0 Å². The minimum atomic E-state index is -1.65. The molecule has 11 aliphatic rings. The van der Waals surface area contributed by atoms with Crippen LogP contribution in [-0.4, -0.2) is 110 Å². The Morgan fingerprint density at radius 2 is 1.76 bits per heavy atom. The van der Waals surface area contributed by atoms with Crippen LogP contribution in [0.1, 0.15) is 65.2 Å². The largest absolute Gasteiger partial charge is 0.457 e. The molecule has 3 saturated heterocycles. The van der Waals surface area contributed by atoms with Crippen LogP contribution in [0.25, 0.3) is 0 Å². The number of hydrogen-bond donors (Lipinski definition) is 6. The van der Waals surface area contributed by atoms with Crippen LogP contribution in [0, 0.1) is 63.1 Å². The van der Waals surface area contributed by atoms with Gasteiger partial charge in [0.2, 0.25) is 0 Å². The molecule has 50 heavy (non-hydrogen) atoms. The van der Waals surface area contributed by atoms with Crippen LogP contribution in [0.15, 0.2) is 22.8 Å². The predicted octanol–water partition coefficient (Wildman–Crippen LogP) is 0.497.